The third-order valence-corrected chi connectivity index (χ3v) is 5.61. The highest BCUT2D eigenvalue weighted by Crippen LogP contribution is 2.27. The Morgan fingerprint density at radius 3 is 2.31 bits per heavy atom. The van der Waals surface area contributed by atoms with Crippen molar-refractivity contribution < 1.29 is 13.2 Å². The van der Waals surface area contributed by atoms with Crippen molar-refractivity contribution in [2.75, 3.05) is 15.9 Å². The lowest BCUT2D eigenvalue weighted by atomic mass is 10.1. The molecule has 1 atom stereocenters. The fourth-order valence-electron chi connectivity index (χ4n) is 2.70. The molecule has 0 aromatic heterocycles. The molecule has 7 heteroatoms. The van der Waals surface area contributed by atoms with Gasteiger partial charge in [0.25, 0.3) is 0 Å². The van der Waals surface area contributed by atoms with E-state index in [-0.39, 0.29) is 0 Å². The monoisotopic (exact) mass is 394 g/mol. The van der Waals surface area contributed by atoms with Crippen molar-refractivity contribution in [3.63, 3.8) is 0 Å². The van der Waals surface area contributed by atoms with E-state index in [1.54, 1.807) is 31.2 Å². The second-order valence-corrected chi connectivity index (χ2v) is 8.77. The number of amides is 1. The van der Waals surface area contributed by atoms with Gasteiger partial charge in [0.15, 0.2) is 0 Å². The van der Waals surface area contributed by atoms with Crippen LogP contribution in [0.2, 0.25) is 5.02 Å². The second kappa shape index (κ2) is 7.68. The molecule has 2 aromatic rings. The molecule has 0 bridgehead atoms. The smallest absolute Gasteiger partial charge is 0.248 e. The van der Waals surface area contributed by atoms with Gasteiger partial charge in [0, 0.05) is 10.7 Å². The zero-order valence-corrected chi connectivity index (χ0v) is 17.1. The normalized spacial score (nSPS) is 12.5. The number of carbonyl (C=O) groups is 1. The molecule has 0 fully saturated rings. The molecule has 0 aliphatic carbocycles. The minimum Gasteiger partial charge on any atom is -0.324 e. The molecule has 0 saturated heterocycles. The van der Waals surface area contributed by atoms with Crippen LogP contribution in [-0.2, 0) is 14.8 Å². The SMILES string of the molecule is Cc1ccc(C)c(N([C@H](C)C(=O)Nc2cc(Cl)ccc2C)S(C)(=O)=O)c1. The van der Waals surface area contributed by atoms with E-state index in [0.717, 1.165) is 27.3 Å². The van der Waals surface area contributed by atoms with Crippen molar-refractivity contribution in [3.05, 3.63) is 58.1 Å². The molecular formula is C19H23ClN2O3S. The fraction of sp³-hybridized carbons (Fsp3) is 0.316. The molecule has 1 N–H and O–H groups in total. The van der Waals surface area contributed by atoms with Gasteiger partial charge in [-0.2, -0.15) is 0 Å². The lowest BCUT2D eigenvalue weighted by Gasteiger charge is -2.30. The predicted molar refractivity (Wildman–Crippen MR) is 108 cm³/mol. The molecule has 0 aliphatic heterocycles. The van der Waals surface area contributed by atoms with Gasteiger partial charge in [0.05, 0.1) is 11.9 Å². The molecule has 0 unspecified atom stereocenters. The highest BCUT2D eigenvalue weighted by atomic mass is 35.5. The van der Waals surface area contributed by atoms with E-state index in [9.17, 15) is 13.2 Å². The molecular weight excluding hydrogens is 372 g/mol. The summed E-state index contributed by atoms with van der Waals surface area (Å²) in [6.45, 7) is 7.11. The number of hydrogen-bond donors (Lipinski definition) is 1. The number of nitrogens with one attached hydrogen (secondary N) is 1. The van der Waals surface area contributed by atoms with Crippen molar-refractivity contribution in [2.24, 2.45) is 0 Å². The van der Waals surface area contributed by atoms with Gasteiger partial charge in [0.2, 0.25) is 15.9 Å². The number of carbonyl (C=O) groups excluding carboxylic acids is 1. The van der Waals surface area contributed by atoms with E-state index in [1.165, 1.54) is 0 Å². The van der Waals surface area contributed by atoms with Gasteiger partial charge in [-0.05, 0) is 62.6 Å². The number of nitrogens with zero attached hydrogens (tertiary/aromatic N) is 1. The van der Waals surface area contributed by atoms with Gasteiger partial charge in [-0.1, -0.05) is 29.8 Å². The summed E-state index contributed by atoms with van der Waals surface area (Å²) in [5.41, 5.74) is 3.59. The quantitative estimate of drug-likeness (QED) is 0.831. The molecule has 0 spiro atoms. The van der Waals surface area contributed by atoms with Crippen molar-refractivity contribution in [1.82, 2.24) is 0 Å². The molecule has 2 rings (SSSR count). The maximum atomic E-state index is 12.8. The lowest BCUT2D eigenvalue weighted by Crippen LogP contribution is -2.45. The summed E-state index contributed by atoms with van der Waals surface area (Å²) in [6, 6.07) is 9.75. The Morgan fingerprint density at radius 1 is 1.08 bits per heavy atom. The summed E-state index contributed by atoms with van der Waals surface area (Å²) < 4.78 is 26.0. The van der Waals surface area contributed by atoms with Crippen molar-refractivity contribution in [1.29, 1.82) is 0 Å². The standard InChI is InChI=1S/C19H23ClN2O3S/c1-12-6-7-14(3)18(10-12)22(26(5,24)25)15(4)19(23)21-17-11-16(20)9-8-13(17)2/h6-11,15H,1-5H3,(H,21,23)/t15-/m1/s1. The van der Waals surface area contributed by atoms with Crippen molar-refractivity contribution in [2.45, 2.75) is 33.7 Å². The van der Waals surface area contributed by atoms with Crippen molar-refractivity contribution in [3.8, 4) is 0 Å². The molecule has 0 radical (unpaired) electrons. The fourth-order valence-corrected chi connectivity index (χ4v) is 4.10. The van der Waals surface area contributed by atoms with Gasteiger partial charge in [-0.3, -0.25) is 9.10 Å². The first kappa shape index (κ1) is 20.3. The Bertz CT molecular complexity index is 942. The van der Waals surface area contributed by atoms with Crippen LogP contribution in [-0.4, -0.2) is 26.6 Å². The summed E-state index contributed by atoms with van der Waals surface area (Å²) >= 11 is 5.99. The minimum absolute atomic E-state index is 0.429. The third-order valence-electron chi connectivity index (χ3n) is 4.15. The van der Waals surface area contributed by atoms with Crippen LogP contribution in [0.15, 0.2) is 36.4 Å². The first-order valence-electron chi connectivity index (χ1n) is 8.14. The molecule has 2 aromatic carbocycles. The van der Waals surface area contributed by atoms with Gasteiger partial charge in [-0.15, -0.1) is 0 Å². The number of anilines is 2. The van der Waals surface area contributed by atoms with Crippen LogP contribution in [0.4, 0.5) is 11.4 Å². The molecule has 1 amide bonds. The number of benzene rings is 2. The van der Waals surface area contributed by atoms with Gasteiger partial charge < -0.3 is 5.32 Å². The number of halogens is 1. The van der Waals surface area contributed by atoms with Crippen LogP contribution in [0.5, 0.6) is 0 Å². The van der Waals surface area contributed by atoms with E-state index in [0.29, 0.717) is 16.4 Å². The van der Waals surface area contributed by atoms with E-state index in [2.05, 4.69) is 5.32 Å². The van der Waals surface area contributed by atoms with Gasteiger partial charge in [-0.25, -0.2) is 8.42 Å². The van der Waals surface area contributed by atoms with Crippen LogP contribution < -0.4 is 9.62 Å². The first-order valence-corrected chi connectivity index (χ1v) is 10.4. The molecule has 26 heavy (non-hydrogen) atoms. The minimum atomic E-state index is -3.67. The van der Waals surface area contributed by atoms with Crippen LogP contribution in [0.25, 0.3) is 0 Å². The first-order chi connectivity index (χ1) is 12.0. The van der Waals surface area contributed by atoms with Crippen LogP contribution >= 0.6 is 11.6 Å². The zero-order chi connectivity index (χ0) is 19.6. The average Bonchev–Trinajstić information content (AvgIpc) is 2.53. The second-order valence-electron chi connectivity index (χ2n) is 6.47. The number of aryl methyl sites for hydroxylation is 3. The van der Waals surface area contributed by atoms with Gasteiger partial charge in [0.1, 0.15) is 6.04 Å². The summed E-state index contributed by atoms with van der Waals surface area (Å²) in [7, 11) is -3.67. The van der Waals surface area contributed by atoms with E-state index < -0.39 is 22.0 Å². The Morgan fingerprint density at radius 2 is 1.69 bits per heavy atom. The molecule has 5 nitrogen and oxygen atoms in total. The Kier molecular flexibility index (Phi) is 5.98. The highest BCUT2D eigenvalue weighted by Gasteiger charge is 2.30. The predicted octanol–water partition coefficient (Wildman–Crippen LogP) is 4.06. The summed E-state index contributed by atoms with van der Waals surface area (Å²) in [6.07, 6.45) is 1.10. The maximum Gasteiger partial charge on any atom is 0.248 e. The highest BCUT2D eigenvalue weighted by molar-refractivity contribution is 7.92. The largest absolute Gasteiger partial charge is 0.324 e. The number of sulfonamides is 1. The summed E-state index contributed by atoms with van der Waals surface area (Å²) in [5, 5.41) is 3.27. The Hall–Kier alpha value is -2.05. The van der Waals surface area contributed by atoms with Crippen molar-refractivity contribution >= 4 is 38.9 Å². The van der Waals surface area contributed by atoms with E-state index >= 15 is 0 Å². The summed E-state index contributed by atoms with van der Waals surface area (Å²) in [5.74, 6) is -0.429. The molecule has 0 heterocycles. The average molecular weight is 395 g/mol. The lowest BCUT2D eigenvalue weighted by molar-refractivity contribution is -0.116. The van der Waals surface area contributed by atoms with E-state index in [4.69, 9.17) is 11.6 Å². The number of hydrogen-bond acceptors (Lipinski definition) is 3. The van der Waals surface area contributed by atoms with Crippen LogP contribution in [0.1, 0.15) is 23.6 Å². The Labute approximate surface area is 160 Å². The van der Waals surface area contributed by atoms with Crippen LogP contribution in [0, 0.1) is 20.8 Å². The van der Waals surface area contributed by atoms with Crippen LogP contribution in [0.3, 0.4) is 0 Å². The van der Waals surface area contributed by atoms with E-state index in [1.807, 2.05) is 32.9 Å². The zero-order valence-electron chi connectivity index (χ0n) is 15.5. The summed E-state index contributed by atoms with van der Waals surface area (Å²) in [4.78, 5) is 12.8. The molecule has 0 saturated carbocycles. The number of rotatable bonds is 5. The molecule has 0 aliphatic rings. The third kappa shape index (κ3) is 4.56. The maximum absolute atomic E-state index is 12.8. The molecule has 140 valence electrons. The topological polar surface area (TPSA) is 66.5 Å². The van der Waals surface area contributed by atoms with Gasteiger partial charge >= 0.3 is 0 Å². The Balaban J connectivity index is 2.41.